The second kappa shape index (κ2) is 9.95. The van der Waals surface area contributed by atoms with Crippen LogP contribution in [0.25, 0.3) is 10.1 Å². The number of piperazine rings is 1. The third kappa shape index (κ3) is 4.83. The van der Waals surface area contributed by atoms with Crippen LogP contribution in [0.5, 0.6) is 0 Å². The molecule has 0 radical (unpaired) electrons. The number of nitrogens with zero attached hydrogens (tertiary/aromatic N) is 3. The van der Waals surface area contributed by atoms with Gasteiger partial charge in [0.2, 0.25) is 0 Å². The summed E-state index contributed by atoms with van der Waals surface area (Å²) in [6.45, 7) is 9.19. The van der Waals surface area contributed by atoms with E-state index >= 15 is 0 Å². The molecule has 0 saturated carbocycles. The van der Waals surface area contributed by atoms with Gasteiger partial charge >= 0.3 is 0 Å². The summed E-state index contributed by atoms with van der Waals surface area (Å²) >= 11 is 1.59. The molecule has 1 aromatic heterocycles. The molecule has 1 saturated heterocycles. The van der Waals surface area contributed by atoms with E-state index in [-0.39, 0.29) is 5.91 Å². The highest BCUT2D eigenvalue weighted by molar-refractivity contribution is 7.13. The Labute approximate surface area is 205 Å². The molecule has 5 nitrogen and oxygen atoms in total. The Morgan fingerprint density at radius 1 is 0.941 bits per heavy atom. The second-order valence-corrected chi connectivity index (χ2v) is 9.78. The van der Waals surface area contributed by atoms with Gasteiger partial charge in [-0.3, -0.25) is 9.69 Å². The fourth-order valence-electron chi connectivity index (χ4n) is 4.52. The molecule has 0 spiro atoms. The SMILES string of the molecule is Cc1cccc(C(=O)Nc2ccc(CCN3CCN(c4nsc5ccccc45)CC3)cc2)c1C. The normalized spacial score (nSPS) is 14.5. The Hall–Kier alpha value is -3.22. The van der Waals surface area contributed by atoms with Crippen LogP contribution in [0.15, 0.2) is 66.7 Å². The highest BCUT2D eigenvalue weighted by Crippen LogP contribution is 2.29. The number of carbonyl (C=O) groups is 1. The molecule has 0 atom stereocenters. The smallest absolute Gasteiger partial charge is 0.255 e. The summed E-state index contributed by atoms with van der Waals surface area (Å²) in [7, 11) is 0. The van der Waals surface area contributed by atoms with Crippen LogP contribution in [-0.2, 0) is 6.42 Å². The van der Waals surface area contributed by atoms with Crippen molar-refractivity contribution in [3.63, 3.8) is 0 Å². The minimum absolute atomic E-state index is 0.0558. The number of nitrogens with one attached hydrogen (secondary N) is 1. The molecule has 1 aliphatic rings. The first-order valence-electron chi connectivity index (χ1n) is 11.9. The van der Waals surface area contributed by atoms with Crippen LogP contribution in [0.4, 0.5) is 11.5 Å². The van der Waals surface area contributed by atoms with Gasteiger partial charge in [-0.25, -0.2) is 0 Å². The second-order valence-electron chi connectivity index (χ2n) is 8.98. The molecule has 2 heterocycles. The van der Waals surface area contributed by atoms with E-state index in [2.05, 4.69) is 51.5 Å². The molecule has 4 aromatic rings. The van der Waals surface area contributed by atoms with Gasteiger partial charge in [-0.05, 0) is 78.8 Å². The van der Waals surface area contributed by atoms with Crippen molar-refractivity contribution >= 4 is 39.0 Å². The van der Waals surface area contributed by atoms with Crippen molar-refractivity contribution in [2.75, 3.05) is 42.9 Å². The number of aryl methyl sites for hydroxylation is 1. The van der Waals surface area contributed by atoms with Crippen LogP contribution in [0.1, 0.15) is 27.0 Å². The predicted octanol–water partition coefficient (Wildman–Crippen LogP) is 5.53. The van der Waals surface area contributed by atoms with Crippen LogP contribution in [0, 0.1) is 13.8 Å². The Morgan fingerprint density at radius 2 is 1.71 bits per heavy atom. The third-order valence-electron chi connectivity index (χ3n) is 6.81. The maximum atomic E-state index is 12.7. The van der Waals surface area contributed by atoms with E-state index in [4.69, 9.17) is 4.37 Å². The Bertz CT molecular complexity index is 1290. The number of benzene rings is 3. The van der Waals surface area contributed by atoms with Crippen molar-refractivity contribution in [3.8, 4) is 0 Å². The molecule has 5 rings (SSSR count). The van der Waals surface area contributed by atoms with Gasteiger partial charge in [-0.1, -0.05) is 36.4 Å². The zero-order chi connectivity index (χ0) is 23.5. The largest absolute Gasteiger partial charge is 0.353 e. The number of amides is 1. The van der Waals surface area contributed by atoms with Crippen LogP contribution < -0.4 is 10.2 Å². The summed E-state index contributed by atoms with van der Waals surface area (Å²) in [5.74, 6) is 1.08. The summed E-state index contributed by atoms with van der Waals surface area (Å²) in [5, 5.41) is 4.30. The molecule has 0 aliphatic carbocycles. The maximum absolute atomic E-state index is 12.7. The fraction of sp³-hybridized carbons (Fsp3) is 0.286. The average molecular weight is 471 g/mol. The Balaban J connectivity index is 1.12. The van der Waals surface area contributed by atoms with E-state index in [0.717, 1.165) is 67.3 Å². The Morgan fingerprint density at radius 3 is 2.50 bits per heavy atom. The maximum Gasteiger partial charge on any atom is 0.255 e. The number of hydrogen-bond donors (Lipinski definition) is 1. The third-order valence-corrected chi connectivity index (χ3v) is 7.62. The number of rotatable bonds is 6. The summed E-state index contributed by atoms with van der Waals surface area (Å²) in [6, 6.07) is 22.6. The van der Waals surface area contributed by atoms with Crippen molar-refractivity contribution in [1.29, 1.82) is 0 Å². The Kier molecular flexibility index (Phi) is 6.61. The number of fused-ring (bicyclic) bond motifs is 1. The number of anilines is 2. The lowest BCUT2D eigenvalue weighted by Crippen LogP contribution is -2.47. The molecule has 34 heavy (non-hydrogen) atoms. The zero-order valence-corrected chi connectivity index (χ0v) is 20.6. The molecule has 1 aliphatic heterocycles. The van der Waals surface area contributed by atoms with Crippen molar-refractivity contribution in [2.24, 2.45) is 0 Å². The standard InChI is InChI=1S/C28H30N4OS/c1-20-6-5-8-24(21(20)2)28(33)29-23-12-10-22(11-13-23)14-15-31-16-18-32(19-17-31)27-25-7-3-4-9-26(25)34-30-27/h3-13H,14-19H2,1-2H3,(H,29,33). The molecule has 3 aromatic carbocycles. The van der Waals surface area contributed by atoms with Gasteiger partial charge in [-0.2, -0.15) is 4.37 Å². The average Bonchev–Trinajstić information content (AvgIpc) is 3.30. The number of hydrogen-bond acceptors (Lipinski definition) is 5. The first-order valence-corrected chi connectivity index (χ1v) is 12.6. The van der Waals surface area contributed by atoms with E-state index in [9.17, 15) is 4.79 Å². The summed E-state index contributed by atoms with van der Waals surface area (Å²) in [5.41, 5.74) is 5.01. The fourth-order valence-corrected chi connectivity index (χ4v) is 5.32. The topological polar surface area (TPSA) is 48.5 Å². The summed E-state index contributed by atoms with van der Waals surface area (Å²) in [4.78, 5) is 17.6. The summed E-state index contributed by atoms with van der Waals surface area (Å²) in [6.07, 6.45) is 1.00. The monoisotopic (exact) mass is 470 g/mol. The predicted molar refractivity (Wildman–Crippen MR) is 142 cm³/mol. The van der Waals surface area contributed by atoms with E-state index in [1.165, 1.54) is 15.6 Å². The van der Waals surface area contributed by atoms with Crippen LogP contribution in [0.2, 0.25) is 0 Å². The molecule has 0 unspecified atom stereocenters. The molecule has 1 fully saturated rings. The van der Waals surface area contributed by atoms with Crippen molar-refractivity contribution in [3.05, 3.63) is 89.0 Å². The zero-order valence-electron chi connectivity index (χ0n) is 19.8. The van der Waals surface area contributed by atoms with Gasteiger partial charge in [0.25, 0.3) is 5.91 Å². The van der Waals surface area contributed by atoms with E-state index in [0.29, 0.717) is 0 Å². The van der Waals surface area contributed by atoms with Crippen molar-refractivity contribution in [1.82, 2.24) is 9.27 Å². The lowest BCUT2D eigenvalue weighted by Gasteiger charge is -2.35. The van der Waals surface area contributed by atoms with Crippen LogP contribution in [0.3, 0.4) is 0 Å². The van der Waals surface area contributed by atoms with Crippen molar-refractivity contribution < 1.29 is 4.79 Å². The van der Waals surface area contributed by atoms with Crippen LogP contribution >= 0.6 is 11.5 Å². The molecular formula is C28H30N4OS. The minimum Gasteiger partial charge on any atom is -0.353 e. The minimum atomic E-state index is -0.0558. The van der Waals surface area contributed by atoms with Crippen LogP contribution in [-0.4, -0.2) is 47.9 Å². The first-order chi connectivity index (χ1) is 16.6. The van der Waals surface area contributed by atoms with Gasteiger partial charge in [-0.15, -0.1) is 0 Å². The van der Waals surface area contributed by atoms with Gasteiger partial charge in [0.05, 0.1) is 4.70 Å². The van der Waals surface area contributed by atoms with Gasteiger partial charge in [0.1, 0.15) is 5.82 Å². The quantitative estimate of drug-likeness (QED) is 0.403. The van der Waals surface area contributed by atoms with Gasteiger partial charge < -0.3 is 10.2 Å². The lowest BCUT2D eigenvalue weighted by atomic mass is 10.0. The van der Waals surface area contributed by atoms with E-state index in [1.54, 1.807) is 11.5 Å². The lowest BCUT2D eigenvalue weighted by molar-refractivity contribution is 0.102. The first kappa shape index (κ1) is 22.6. The molecule has 1 N–H and O–H groups in total. The highest BCUT2D eigenvalue weighted by atomic mass is 32.1. The molecular weight excluding hydrogens is 440 g/mol. The highest BCUT2D eigenvalue weighted by Gasteiger charge is 2.20. The van der Waals surface area contributed by atoms with Gasteiger partial charge in [0.15, 0.2) is 0 Å². The number of carbonyl (C=O) groups excluding carboxylic acids is 1. The molecule has 1 amide bonds. The van der Waals surface area contributed by atoms with Gasteiger partial charge in [0, 0.05) is 49.4 Å². The molecule has 6 heteroatoms. The van der Waals surface area contributed by atoms with E-state index < -0.39 is 0 Å². The molecule has 0 bridgehead atoms. The van der Waals surface area contributed by atoms with E-state index in [1.807, 2.05) is 44.2 Å². The van der Waals surface area contributed by atoms with Crippen molar-refractivity contribution in [2.45, 2.75) is 20.3 Å². The summed E-state index contributed by atoms with van der Waals surface area (Å²) < 4.78 is 5.97. The molecule has 174 valence electrons. The number of aromatic nitrogens is 1.